The zero-order chi connectivity index (χ0) is 11.6. The molecule has 1 amide bonds. The van der Waals surface area contributed by atoms with Gasteiger partial charge in [0.25, 0.3) is 5.91 Å². The van der Waals surface area contributed by atoms with E-state index in [9.17, 15) is 9.90 Å². The van der Waals surface area contributed by atoms with Crippen molar-refractivity contribution < 1.29 is 19.1 Å². The van der Waals surface area contributed by atoms with Crippen LogP contribution in [0.1, 0.15) is 16.8 Å². The van der Waals surface area contributed by atoms with Gasteiger partial charge < -0.3 is 19.6 Å². The minimum atomic E-state index is -0.934. The van der Waals surface area contributed by atoms with Gasteiger partial charge in [-0.2, -0.15) is 0 Å². The number of hydrogen-bond donors (Lipinski definition) is 2. The summed E-state index contributed by atoms with van der Waals surface area (Å²) in [5.74, 6) is -0.269. The molecule has 88 valence electrons. The van der Waals surface area contributed by atoms with Gasteiger partial charge in [0.1, 0.15) is 11.9 Å². The molecule has 0 aromatic carbocycles. The Morgan fingerprint density at radius 1 is 1.69 bits per heavy atom. The van der Waals surface area contributed by atoms with Crippen molar-refractivity contribution in [3.63, 3.8) is 0 Å². The van der Waals surface area contributed by atoms with E-state index in [2.05, 4.69) is 21.2 Å². The van der Waals surface area contributed by atoms with E-state index in [0.29, 0.717) is 23.3 Å². The number of rotatable bonds is 3. The molecule has 0 saturated carbocycles. The second kappa shape index (κ2) is 4.57. The van der Waals surface area contributed by atoms with Gasteiger partial charge in [-0.15, -0.1) is 0 Å². The maximum Gasteiger partial charge on any atom is 0.254 e. The molecule has 1 aliphatic rings. The molecule has 1 saturated heterocycles. The molecule has 1 aromatic rings. The van der Waals surface area contributed by atoms with Gasteiger partial charge in [-0.25, -0.2) is 0 Å². The molecule has 1 aliphatic heterocycles. The topological polar surface area (TPSA) is 71.7 Å². The number of halogens is 1. The standard InChI is InChI=1S/C10H12BrNO4/c11-8-3-7(4-16-8)9(13)12-5-10(14)1-2-15-6-10/h3-4,14H,1-2,5-6H2,(H,12,13)/t10-/m0/s1. The van der Waals surface area contributed by atoms with Crippen LogP contribution < -0.4 is 5.32 Å². The van der Waals surface area contributed by atoms with Crippen LogP contribution in [0.3, 0.4) is 0 Å². The maximum absolute atomic E-state index is 11.6. The van der Waals surface area contributed by atoms with E-state index in [-0.39, 0.29) is 19.1 Å². The molecular weight excluding hydrogens is 278 g/mol. The Morgan fingerprint density at radius 3 is 3.06 bits per heavy atom. The minimum Gasteiger partial charge on any atom is -0.457 e. The third kappa shape index (κ3) is 2.63. The zero-order valence-corrected chi connectivity index (χ0v) is 10.1. The summed E-state index contributed by atoms with van der Waals surface area (Å²) in [6.45, 7) is 0.987. The van der Waals surface area contributed by atoms with Gasteiger partial charge in [-0.05, 0) is 15.9 Å². The van der Waals surface area contributed by atoms with Crippen LogP contribution in [-0.2, 0) is 4.74 Å². The highest BCUT2D eigenvalue weighted by atomic mass is 79.9. The summed E-state index contributed by atoms with van der Waals surface area (Å²) < 4.78 is 10.5. The van der Waals surface area contributed by atoms with E-state index < -0.39 is 5.60 Å². The molecule has 2 rings (SSSR count). The molecule has 5 nitrogen and oxygen atoms in total. The van der Waals surface area contributed by atoms with Crippen LogP contribution in [0.15, 0.2) is 21.4 Å². The molecule has 16 heavy (non-hydrogen) atoms. The molecule has 0 radical (unpaired) electrons. The van der Waals surface area contributed by atoms with Crippen molar-refractivity contribution >= 4 is 21.8 Å². The first-order chi connectivity index (χ1) is 7.59. The highest BCUT2D eigenvalue weighted by Gasteiger charge is 2.32. The van der Waals surface area contributed by atoms with E-state index >= 15 is 0 Å². The Hall–Kier alpha value is -0.850. The second-order valence-corrected chi connectivity index (χ2v) is 4.63. The molecular formula is C10H12BrNO4. The first-order valence-electron chi connectivity index (χ1n) is 4.91. The number of aliphatic hydroxyl groups is 1. The lowest BCUT2D eigenvalue weighted by Gasteiger charge is -2.20. The Balaban J connectivity index is 1.88. The van der Waals surface area contributed by atoms with Crippen molar-refractivity contribution in [2.75, 3.05) is 19.8 Å². The molecule has 2 heterocycles. The molecule has 2 N–H and O–H groups in total. The van der Waals surface area contributed by atoms with Crippen LogP contribution in [-0.4, -0.2) is 36.4 Å². The minimum absolute atomic E-state index is 0.189. The average Bonchev–Trinajstić information content (AvgIpc) is 2.85. The lowest BCUT2D eigenvalue weighted by molar-refractivity contribution is 0.0264. The number of hydrogen-bond acceptors (Lipinski definition) is 4. The molecule has 6 heteroatoms. The Morgan fingerprint density at radius 2 is 2.50 bits per heavy atom. The third-order valence-corrected chi connectivity index (χ3v) is 2.91. The smallest absolute Gasteiger partial charge is 0.254 e. The van der Waals surface area contributed by atoms with Gasteiger partial charge in [0.2, 0.25) is 0 Å². The van der Waals surface area contributed by atoms with Crippen LogP contribution in [0, 0.1) is 0 Å². The van der Waals surface area contributed by atoms with Gasteiger partial charge in [-0.3, -0.25) is 4.79 Å². The molecule has 1 aromatic heterocycles. The number of carbonyl (C=O) groups excluding carboxylic acids is 1. The highest BCUT2D eigenvalue weighted by molar-refractivity contribution is 9.10. The van der Waals surface area contributed by atoms with Crippen LogP contribution in [0.4, 0.5) is 0 Å². The average molecular weight is 290 g/mol. The summed E-state index contributed by atoms with van der Waals surface area (Å²) in [6.07, 6.45) is 1.90. The summed E-state index contributed by atoms with van der Waals surface area (Å²) >= 11 is 3.11. The van der Waals surface area contributed by atoms with Crippen LogP contribution in [0.25, 0.3) is 0 Å². The van der Waals surface area contributed by atoms with Crippen LogP contribution >= 0.6 is 15.9 Å². The summed E-state index contributed by atoms with van der Waals surface area (Å²) in [4.78, 5) is 11.6. The highest BCUT2D eigenvalue weighted by Crippen LogP contribution is 2.18. The summed E-state index contributed by atoms with van der Waals surface area (Å²) in [5, 5.41) is 12.6. The normalized spacial score (nSPS) is 24.6. The van der Waals surface area contributed by atoms with Gasteiger partial charge >= 0.3 is 0 Å². The van der Waals surface area contributed by atoms with Crippen LogP contribution in [0.5, 0.6) is 0 Å². The summed E-state index contributed by atoms with van der Waals surface area (Å²) in [6, 6.07) is 1.57. The monoisotopic (exact) mass is 289 g/mol. The first-order valence-corrected chi connectivity index (χ1v) is 5.71. The largest absolute Gasteiger partial charge is 0.457 e. The van der Waals surface area contributed by atoms with Gasteiger partial charge in [0, 0.05) is 25.6 Å². The van der Waals surface area contributed by atoms with Crippen molar-refractivity contribution in [3.05, 3.63) is 22.6 Å². The van der Waals surface area contributed by atoms with E-state index in [0.717, 1.165) is 0 Å². The molecule has 0 bridgehead atoms. The van der Waals surface area contributed by atoms with E-state index in [1.165, 1.54) is 6.26 Å². The molecule has 0 aliphatic carbocycles. The molecule has 0 spiro atoms. The van der Waals surface area contributed by atoms with E-state index in [1.54, 1.807) is 6.07 Å². The number of ether oxygens (including phenoxy) is 1. The lowest BCUT2D eigenvalue weighted by atomic mass is 10.0. The second-order valence-electron chi connectivity index (χ2n) is 3.85. The number of nitrogens with one attached hydrogen (secondary N) is 1. The van der Waals surface area contributed by atoms with Gasteiger partial charge in [0.15, 0.2) is 4.67 Å². The fourth-order valence-corrected chi connectivity index (χ4v) is 1.85. The van der Waals surface area contributed by atoms with Crippen LogP contribution in [0.2, 0.25) is 0 Å². The van der Waals surface area contributed by atoms with Crippen molar-refractivity contribution in [3.8, 4) is 0 Å². The Kier molecular flexibility index (Phi) is 3.32. The van der Waals surface area contributed by atoms with Gasteiger partial charge in [-0.1, -0.05) is 0 Å². The molecule has 1 fully saturated rings. The summed E-state index contributed by atoms with van der Waals surface area (Å²) in [7, 11) is 0. The SMILES string of the molecule is O=C(NC[C@@]1(O)CCOC1)c1coc(Br)c1. The Labute approximate surface area is 101 Å². The van der Waals surface area contributed by atoms with Crippen molar-refractivity contribution in [2.24, 2.45) is 0 Å². The fourth-order valence-electron chi connectivity index (χ4n) is 1.51. The molecule has 1 atom stereocenters. The van der Waals surface area contributed by atoms with E-state index in [4.69, 9.17) is 9.15 Å². The summed E-state index contributed by atoms with van der Waals surface area (Å²) in [5.41, 5.74) is -0.509. The lowest BCUT2D eigenvalue weighted by Crippen LogP contribution is -2.43. The van der Waals surface area contributed by atoms with Crippen molar-refractivity contribution in [2.45, 2.75) is 12.0 Å². The zero-order valence-electron chi connectivity index (χ0n) is 8.53. The maximum atomic E-state index is 11.6. The predicted molar refractivity (Wildman–Crippen MR) is 59.1 cm³/mol. The quantitative estimate of drug-likeness (QED) is 0.868. The predicted octanol–water partition coefficient (Wildman–Crippen LogP) is 0.923. The first kappa shape index (κ1) is 11.6. The van der Waals surface area contributed by atoms with Crippen molar-refractivity contribution in [1.29, 1.82) is 0 Å². The third-order valence-electron chi connectivity index (χ3n) is 2.49. The van der Waals surface area contributed by atoms with E-state index in [1.807, 2.05) is 0 Å². The van der Waals surface area contributed by atoms with Crippen molar-refractivity contribution in [1.82, 2.24) is 5.32 Å². The van der Waals surface area contributed by atoms with Gasteiger partial charge in [0.05, 0.1) is 12.2 Å². The molecule has 0 unspecified atom stereocenters. The fraction of sp³-hybridized carbons (Fsp3) is 0.500. The number of amides is 1. The number of carbonyl (C=O) groups is 1. The Bertz CT molecular complexity index is 384. The number of furan rings is 1.